The molecule has 1 aromatic carbocycles. The molecule has 3 rings (SSSR count). The van der Waals surface area contributed by atoms with Crippen LogP contribution in [0.15, 0.2) is 30.4 Å². The van der Waals surface area contributed by atoms with Gasteiger partial charge < -0.3 is 10.1 Å². The van der Waals surface area contributed by atoms with Gasteiger partial charge in [0.15, 0.2) is 0 Å². The minimum atomic E-state index is -0.404. The molecule has 3 nitrogen and oxygen atoms in total. The van der Waals surface area contributed by atoms with E-state index in [4.69, 9.17) is 4.74 Å². The first kappa shape index (κ1) is 11.3. The van der Waals surface area contributed by atoms with Crippen LogP contribution in [0.1, 0.15) is 31.2 Å². The molecular formula is C15H17NO2. The highest BCUT2D eigenvalue weighted by Crippen LogP contribution is 2.49. The van der Waals surface area contributed by atoms with Gasteiger partial charge in [0.2, 0.25) is 5.91 Å². The number of fused-ring (bicyclic) bond motifs is 2. The third-order valence-corrected chi connectivity index (χ3v) is 4.11. The third kappa shape index (κ3) is 1.47. The van der Waals surface area contributed by atoms with Crippen LogP contribution in [0.5, 0.6) is 5.75 Å². The number of carbonyl (C=O) groups excluding carboxylic acids is 1. The average Bonchev–Trinajstić information content (AvgIpc) is 2.62. The van der Waals surface area contributed by atoms with Crippen molar-refractivity contribution in [3.63, 3.8) is 0 Å². The van der Waals surface area contributed by atoms with E-state index in [0.29, 0.717) is 0 Å². The van der Waals surface area contributed by atoms with Gasteiger partial charge in [-0.15, -0.1) is 0 Å². The molecule has 1 aliphatic carbocycles. The Morgan fingerprint density at radius 1 is 1.44 bits per heavy atom. The SMILES string of the molecule is C=C1CCC[C@@]2(C1)C(=O)Nc1ccc(OC)cc12. The molecule has 1 amide bonds. The Labute approximate surface area is 107 Å². The normalized spacial score (nSPS) is 26.1. The van der Waals surface area contributed by atoms with Crippen molar-refractivity contribution in [2.24, 2.45) is 0 Å². The molecule has 0 radical (unpaired) electrons. The lowest BCUT2D eigenvalue weighted by Crippen LogP contribution is -2.37. The quantitative estimate of drug-likeness (QED) is 0.770. The first-order valence-electron chi connectivity index (χ1n) is 6.32. The van der Waals surface area contributed by atoms with Crippen LogP contribution in [-0.4, -0.2) is 13.0 Å². The van der Waals surface area contributed by atoms with Crippen LogP contribution in [-0.2, 0) is 10.2 Å². The second-order valence-electron chi connectivity index (χ2n) is 5.23. The van der Waals surface area contributed by atoms with E-state index in [2.05, 4.69) is 11.9 Å². The van der Waals surface area contributed by atoms with Crippen LogP contribution in [0.25, 0.3) is 0 Å². The van der Waals surface area contributed by atoms with E-state index in [0.717, 1.165) is 42.7 Å². The standard InChI is InChI=1S/C15H17NO2/c1-10-4-3-7-15(9-10)12-8-11(18-2)5-6-13(12)16-14(15)17/h5-6,8H,1,3-4,7,9H2,2H3,(H,16,17)/t15-/m0/s1. The van der Waals surface area contributed by atoms with Crippen LogP contribution in [0.4, 0.5) is 5.69 Å². The summed E-state index contributed by atoms with van der Waals surface area (Å²) in [6.07, 6.45) is 3.73. The molecule has 0 saturated heterocycles. The molecule has 0 bridgehead atoms. The summed E-state index contributed by atoms with van der Waals surface area (Å²) >= 11 is 0. The number of benzene rings is 1. The van der Waals surface area contributed by atoms with Gasteiger partial charge in [-0.3, -0.25) is 4.79 Å². The molecule has 94 valence electrons. The van der Waals surface area contributed by atoms with Crippen molar-refractivity contribution in [2.45, 2.75) is 31.1 Å². The number of rotatable bonds is 1. The van der Waals surface area contributed by atoms with Crippen molar-refractivity contribution in [1.82, 2.24) is 0 Å². The first-order chi connectivity index (χ1) is 8.65. The van der Waals surface area contributed by atoms with E-state index < -0.39 is 5.41 Å². The predicted octanol–water partition coefficient (Wildman–Crippen LogP) is 3.02. The van der Waals surface area contributed by atoms with Crippen molar-refractivity contribution in [1.29, 1.82) is 0 Å². The summed E-state index contributed by atoms with van der Waals surface area (Å²) in [5.74, 6) is 0.924. The molecular weight excluding hydrogens is 226 g/mol. The fourth-order valence-electron chi connectivity index (χ4n) is 3.19. The highest BCUT2D eigenvalue weighted by Gasteiger charge is 2.48. The molecule has 2 aliphatic rings. The lowest BCUT2D eigenvalue weighted by Gasteiger charge is -2.32. The molecule has 0 aromatic heterocycles. The van der Waals surface area contributed by atoms with Crippen LogP contribution in [0.3, 0.4) is 0 Å². The molecule has 18 heavy (non-hydrogen) atoms. The van der Waals surface area contributed by atoms with Gasteiger partial charge in [-0.05, 0) is 49.4 Å². The van der Waals surface area contributed by atoms with Crippen molar-refractivity contribution in [3.8, 4) is 5.75 Å². The van der Waals surface area contributed by atoms with Gasteiger partial charge in [0.1, 0.15) is 5.75 Å². The highest BCUT2D eigenvalue weighted by molar-refractivity contribution is 6.06. The lowest BCUT2D eigenvalue weighted by molar-refractivity contribution is -0.121. The summed E-state index contributed by atoms with van der Waals surface area (Å²) in [4.78, 5) is 12.4. The summed E-state index contributed by atoms with van der Waals surface area (Å²) in [5, 5.41) is 2.99. The fourth-order valence-corrected chi connectivity index (χ4v) is 3.19. The summed E-state index contributed by atoms with van der Waals surface area (Å²) < 4.78 is 5.27. The van der Waals surface area contributed by atoms with Gasteiger partial charge in [0.05, 0.1) is 12.5 Å². The van der Waals surface area contributed by atoms with Crippen molar-refractivity contribution < 1.29 is 9.53 Å². The van der Waals surface area contributed by atoms with Gasteiger partial charge in [-0.2, -0.15) is 0 Å². The van der Waals surface area contributed by atoms with E-state index in [9.17, 15) is 4.79 Å². The second-order valence-corrected chi connectivity index (χ2v) is 5.23. The van der Waals surface area contributed by atoms with Crippen LogP contribution < -0.4 is 10.1 Å². The minimum absolute atomic E-state index is 0.117. The number of carbonyl (C=O) groups is 1. The molecule has 3 heteroatoms. The number of ether oxygens (including phenoxy) is 1. The number of hydrogen-bond donors (Lipinski definition) is 1. The maximum Gasteiger partial charge on any atom is 0.235 e. The van der Waals surface area contributed by atoms with Gasteiger partial charge in [-0.25, -0.2) is 0 Å². The summed E-state index contributed by atoms with van der Waals surface area (Å²) in [6, 6.07) is 5.81. The van der Waals surface area contributed by atoms with Crippen molar-refractivity contribution in [2.75, 3.05) is 12.4 Å². The van der Waals surface area contributed by atoms with E-state index >= 15 is 0 Å². The first-order valence-corrected chi connectivity index (χ1v) is 6.32. The van der Waals surface area contributed by atoms with Crippen molar-refractivity contribution >= 4 is 11.6 Å². The Balaban J connectivity index is 2.12. The van der Waals surface area contributed by atoms with Gasteiger partial charge in [-0.1, -0.05) is 12.2 Å². The molecule has 1 atom stereocenters. The smallest absolute Gasteiger partial charge is 0.235 e. The Morgan fingerprint density at radius 2 is 2.28 bits per heavy atom. The fraction of sp³-hybridized carbons (Fsp3) is 0.400. The zero-order chi connectivity index (χ0) is 12.8. The van der Waals surface area contributed by atoms with Crippen LogP contribution >= 0.6 is 0 Å². The summed E-state index contributed by atoms with van der Waals surface area (Å²) in [7, 11) is 1.65. The second kappa shape index (κ2) is 3.87. The zero-order valence-corrected chi connectivity index (χ0v) is 10.6. The zero-order valence-electron chi connectivity index (χ0n) is 10.6. The lowest BCUT2D eigenvalue weighted by atomic mass is 9.69. The molecule has 1 N–H and O–H groups in total. The number of hydrogen-bond acceptors (Lipinski definition) is 2. The van der Waals surface area contributed by atoms with Gasteiger partial charge >= 0.3 is 0 Å². The molecule has 0 unspecified atom stereocenters. The van der Waals surface area contributed by atoms with Crippen LogP contribution in [0, 0.1) is 0 Å². The van der Waals surface area contributed by atoms with Crippen LogP contribution in [0.2, 0.25) is 0 Å². The average molecular weight is 243 g/mol. The Bertz CT molecular complexity index is 535. The molecule has 1 aliphatic heterocycles. The van der Waals surface area contributed by atoms with E-state index in [1.165, 1.54) is 5.57 Å². The predicted molar refractivity (Wildman–Crippen MR) is 70.9 cm³/mol. The summed E-state index contributed by atoms with van der Waals surface area (Å²) in [5.41, 5.74) is 2.77. The largest absolute Gasteiger partial charge is 0.497 e. The molecule has 1 saturated carbocycles. The van der Waals surface area contributed by atoms with E-state index in [1.54, 1.807) is 7.11 Å². The van der Waals surface area contributed by atoms with Crippen molar-refractivity contribution in [3.05, 3.63) is 35.9 Å². The molecule has 1 fully saturated rings. The minimum Gasteiger partial charge on any atom is -0.497 e. The third-order valence-electron chi connectivity index (χ3n) is 4.11. The number of nitrogens with one attached hydrogen (secondary N) is 1. The molecule has 1 aromatic rings. The number of anilines is 1. The number of methoxy groups -OCH3 is 1. The molecule has 1 heterocycles. The number of allylic oxidation sites excluding steroid dienone is 1. The Morgan fingerprint density at radius 3 is 3.00 bits per heavy atom. The van der Waals surface area contributed by atoms with Gasteiger partial charge in [0, 0.05) is 5.69 Å². The summed E-state index contributed by atoms with van der Waals surface area (Å²) in [6.45, 7) is 4.07. The molecule has 1 spiro atoms. The topological polar surface area (TPSA) is 38.3 Å². The van der Waals surface area contributed by atoms with E-state index in [1.807, 2.05) is 18.2 Å². The maximum atomic E-state index is 12.4. The van der Waals surface area contributed by atoms with E-state index in [-0.39, 0.29) is 5.91 Å². The number of amides is 1. The Hall–Kier alpha value is -1.77. The van der Waals surface area contributed by atoms with Gasteiger partial charge in [0.25, 0.3) is 0 Å². The monoisotopic (exact) mass is 243 g/mol. The Kier molecular flexibility index (Phi) is 2.44. The maximum absolute atomic E-state index is 12.4. The highest BCUT2D eigenvalue weighted by atomic mass is 16.5.